The van der Waals surface area contributed by atoms with Gasteiger partial charge in [0, 0.05) is 11.6 Å². The average molecular weight is 352 g/mol. The van der Waals surface area contributed by atoms with Gasteiger partial charge < -0.3 is 0 Å². The molecule has 0 fully saturated rings. The zero-order valence-electron chi connectivity index (χ0n) is 12.4. The number of hydrogen-bond acceptors (Lipinski definition) is 6. The molecule has 0 aliphatic carbocycles. The molecule has 0 saturated carbocycles. The molecule has 0 aromatic heterocycles. The number of nitrogens with one attached hydrogen (secondary N) is 1. The van der Waals surface area contributed by atoms with E-state index in [0.717, 1.165) is 18.2 Å². The van der Waals surface area contributed by atoms with Crippen LogP contribution in [0.25, 0.3) is 0 Å². The van der Waals surface area contributed by atoms with E-state index in [-0.39, 0.29) is 17.0 Å². The number of sulfonamides is 1. The zero-order chi connectivity index (χ0) is 17.9. The van der Waals surface area contributed by atoms with Crippen molar-refractivity contribution < 1.29 is 17.7 Å². The first-order valence-corrected chi connectivity index (χ1v) is 8.11. The van der Waals surface area contributed by atoms with Crippen LogP contribution in [-0.2, 0) is 10.0 Å². The first kappa shape index (κ1) is 17.5. The van der Waals surface area contributed by atoms with Crippen molar-refractivity contribution in [2.75, 3.05) is 5.43 Å². The quantitative estimate of drug-likeness (QED) is 0.484. The lowest BCUT2D eigenvalue weighted by Gasteiger charge is -2.06. The largest absolute Gasteiger partial charge is 0.295 e. The van der Waals surface area contributed by atoms with Gasteiger partial charge in [0.05, 0.1) is 15.5 Å². The second-order valence-corrected chi connectivity index (χ2v) is 6.33. The predicted octanol–water partition coefficient (Wildman–Crippen LogP) is 2.22. The minimum absolute atomic E-state index is 0.0527. The van der Waals surface area contributed by atoms with E-state index in [1.165, 1.54) is 25.1 Å². The van der Waals surface area contributed by atoms with Crippen LogP contribution in [-0.4, -0.2) is 19.1 Å². The second kappa shape index (κ2) is 6.72. The smallest absolute Gasteiger partial charge is 0.271 e. The van der Waals surface area contributed by atoms with E-state index >= 15 is 0 Å². The van der Waals surface area contributed by atoms with Gasteiger partial charge in [0.1, 0.15) is 11.5 Å². The minimum atomic E-state index is -4.07. The summed E-state index contributed by atoms with van der Waals surface area (Å²) < 4.78 is 36.2. The van der Waals surface area contributed by atoms with E-state index in [9.17, 15) is 22.9 Å². The van der Waals surface area contributed by atoms with Crippen molar-refractivity contribution in [1.29, 1.82) is 0 Å². The van der Waals surface area contributed by atoms with E-state index in [0.29, 0.717) is 0 Å². The highest BCUT2D eigenvalue weighted by Crippen LogP contribution is 2.27. The van der Waals surface area contributed by atoms with Gasteiger partial charge in [0.2, 0.25) is 10.0 Å². The van der Waals surface area contributed by atoms with Crippen molar-refractivity contribution in [1.82, 2.24) is 0 Å². The van der Waals surface area contributed by atoms with E-state index in [2.05, 4.69) is 10.5 Å². The molecule has 0 aliphatic rings. The molecule has 0 spiro atoms. The van der Waals surface area contributed by atoms with Crippen LogP contribution in [0.4, 0.5) is 15.8 Å². The van der Waals surface area contributed by atoms with Gasteiger partial charge in [-0.3, -0.25) is 15.5 Å². The summed E-state index contributed by atoms with van der Waals surface area (Å²) in [7, 11) is -4.07. The van der Waals surface area contributed by atoms with Crippen LogP contribution in [0.3, 0.4) is 0 Å². The molecule has 2 aromatic carbocycles. The number of benzene rings is 2. The molecule has 24 heavy (non-hydrogen) atoms. The molecule has 0 radical (unpaired) electrons. The van der Waals surface area contributed by atoms with Gasteiger partial charge >= 0.3 is 0 Å². The Kier molecular flexibility index (Phi) is 4.90. The fraction of sp³-hybridized carbons (Fsp3) is 0.0714. The maximum Gasteiger partial charge on any atom is 0.295 e. The number of anilines is 1. The lowest BCUT2D eigenvalue weighted by molar-refractivity contribution is -0.384. The number of hydrazone groups is 1. The number of rotatable bonds is 5. The summed E-state index contributed by atoms with van der Waals surface area (Å²) in [5, 5.41) is 19.9. The molecular weight excluding hydrogens is 339 g/mol. The number of nitro groups is 1. The Morgan fingerprint density at radius 2 is 1.96 bits per heavy atom. The molecule has 0 aliphatic heterocycles. The Morgan fingerprint density at radius 1 is 1.29 bits per heavy atom. The van der Waals surface area contributed by atoms with Crippen molar-refractivity contribution in [3.63, 3.8) is 0 Å². The lowest BCUT2D eigenvalue weighted by Crippen LogP contribution is -2.12. The molecule has 0 atom stereocenters. The molecule has 3 N–H and O–H groups in total. The number of nitrogens with zero attached hydrogens (tertiary/aromatic N) is 2. The summed E-state index contributed by atoms with van der Waals surface area (Å²) in [5.41, 5.74) is 2.36. The molecule has 2 rings (SSSR count). The Labute approximate surface area is 137 Å². The summed E-state index contributed by atoms with van der Waals surface area (Å²) in [6, 6.07) is 9.02. The number of nitro benzene ring substituents is 1. The van der Waals surface area contributed by atoms with Crippen LogP contribution >= 0.6 is 0 Å². The molecule has 126 valence electrons. The fourth-order valence-electron chi connectivity index (χ4n) is 1.89. The van der Waals surface area contributed by atoms with Gasteiger partial charge in [0.25, 0.3) is 5.69 Å². The first-order chi connectivity index (χ1) is 11.2. The molecule has 8 nitrogen and oxygen atoms in total. The summed E-state index contributed by atoms with van der Waals surface area (Å²) in [6.45, 7) is 1.52. The zero-order valence-corrected chi connectivity index (χ0v) is 13.2. The maximum atomic E-state index is 13.7. The van der Waals surface area contributed by atoms with Crippen LogP contribution < -0.4 is 10.6 Å². The van der Waals surface area contributed by atoms with Crippen LogP contribution in [0, 0.1) is 15.9 Å². The Bertz CT molecular complexity index is 928. The third-order valence-electron chi connectivity index (χ3n) is 3.10. The van der Waals surface area contributed by atoms with Crippen LogP contribution in [0.15, 0.2) is 52.5 Å². The van der Waals surface area contributed by atoms with Gasteiger partial charge in [-0.05, 0) is 25.1 Å². The van der Waals surface area contributed by atoms with E-state index in [1.807, 2.05) is 0 Å². The van der Waals surface area contributed by atoms with Crippen molar-refractivity contribution in [3.8, 4) is 0 Å². The highest BCUT2D eigenvalue weighted by atomic mass is 32.2. The second-order valence-electron chi connectivity index (χ2n) is 4.77. The summed E-state index contributed by atoms with van der Waals surface area (Å²) in [5.74, 6) is -0.486. The molecule has 0 amide bonds. The van der Waals surface area contributed by atoms with Crippen LogP contribution in [0.2, 0.25) is 0 Å². The molecule has 0 heterocycles. The first-order valence-electron chi connectivity index (χ1n) is 6.56. The van der Waals surface area contributed by atoms with Gasteiger partial charge in [-0.25, -0.2) is 17.9 Å². The number of primary sulfonamides is 1. The number of hydrogen-bond donors (Lipinski definition) is 2. The summed E-state index contributed by atoms with van der Waals surface area (Å²) in [6.07, 6.45) is 0. The predicted molar refractivity (Wildman–Crippen MR) is 86.7 cm³/mol. The van der Waals surface area contributed by atoms with Crippen molar-refractivity contribution in [3.05, 3.63) is 64.0 Å². The normalized spacial score (nSPS) is 12.0. The standard InChI is InChI=1S/C14H13FN4O4S/c1-9(11-4-2-3-5-12(11)15)17-18-13-7-6-10(24(16,22)23)8-14(13)19(20)21/h2-8,18H,1H3,(H2,16,22,23)/b17-9-. The fourth-order valence-corrected chi connectivity index (χ4v) is 2.43. The number of halogens is 1. The minimum Gasteiger partial charge on any atom is -0.271 e. The molecule has 0 unspecified atom stereocenters. The third kappa shape index (κ3) is 3.91. The van der Waals surface area contributed by atoms with E-state index < -0.39 is 31.3 Å². The van der Waals surface area contributed by atoms with Crippen molar-refractivity contribution in [2.24, 2.45) is 10.2 Å². The SMILES string of the molecule is C/C(=N/Nc1ccc(S(N)(=O)=O)cc1[N+](=O)[O-])c1ccccc1F. The molecule has 0 bridgehead atoms. The van der Waals surface area contributed by atoms with Crippen LogP contribution in [0.5, 0.6) is 0 Å². The molecule has 10 heteroatoms. The Hall–Kier alpha value is -2.85. The lowest BCUT2D eigenvalue weighted by atomic mass is 10.1. The molecule has 2 aromatic rings. The monoisotopic (exact) mass is 352 g/mol. The topological polar surface area (TPSA) is 128 Å². The Morgan fingerprint density at radius 3 is 2.54 bits per heavy atom. The van der Waals surface area contributed by atoms with Gasteiger partial charge in [0.15, 0.2) is 0 Å². The van der Waals surface area contributed by atoms with Gasteiger partial charge in [-0.1, -0.05) is 18.2 Å². The molecular formula is C14H13FN4O4S. The van der Waals surface area contributed by atoms with Crippen molar-refractivity contribution in [2.45, 2.75) is 11.8 Å². The van der Waals surface area contributed by atoms with E-state index in [1.54, 1.807) is 6.07 Å². The third-order valence-corrected chi connectivity index (χ3v) is 4.01. The van der Waals surface area contributed by atoms with Crippen molar-refractivity contribution >= 4 is 27.1 Å². The summed E-state index contributed by atoms with van der Waals surface area (Å²) >= 11 is 0. The average Bonchev–Trinajstić information content (AvgIpc) is 2.51. The number of nitrogens with two attached hydrogens (primary N) is 1. The molecule has 0 saturated heterocycles. The van der Waals surface area contributed by atoms with Crippen LogP contribution in [0.1, 0.15) is 12.5 Å². The van der Waals surface area contributed by atoms with Gasteiger partial charge in [-0.2, -0.15) is 5.10 Å². The van der Waals surface area contributed by atoms with E-state index in [4.69, 9.17) is 5.14 Å². The summed E-state index contributed by atoms with van der Waals surface area (Å²) in [4.78, 5) is 9.92. The van der Waals surface area contributed by atoms with Gasteiger partial charge in [-0.15, -0.1) is 0 Å². The highest BCUT2D eigenvalue weighted by molar-refractivity contribution is 7.89. The maximum absolute atomic E-state index is 13.7. The highest BCUT2D eigenvalue weighted by Gasteiger charge is 2.19. The Balaban J connectivity index is 2.38.